The van der Waals surface area contributed by atoms with Gasteiger partial charge in [0, 0.05) is 55.2 Å². The zero-order valence-electron chi connectivity index (χ0n) is 21.0. The Morgan fingerprint density at radius 3 is 2.37 bits per heavy atom. The number of benzene rings is 2. The zero-order valence-corrected chi connectivity index (χ0v) is 21.0. The van der Waals surface area contributed by atoms with Gasteiger partial charge in [0.2, 0.25) is 0 Å². The summed E-state index contributed by atoms with van der Waals surface area (Å²) >= 11 is 0. The fraction of sp³-hybridized carbons (Fsp3) is 0.207. The second kappa shape index (κ2) is 11.3. The lowest BCUT2D eigenvalue weighted by Gasteiger charge is -2.19. The third-order valence-electron chi connectivity index (χ3n) is 6.28. The van der Waals surface area contributed by atoms with Crippen molar-refractivity contribution in [3.63, 3.8) is 0 Å². The van der Waals surface area contributed by atoms with E-state index in [-0.39, 0.29) is 11.6 Å². The summed E-state index contributed by atoms with van der Waals surface area (Å²) in [7, 11) is 1.73. The number of carbonyl (C=O) groups is 2. The highest BCUT2D eigenvalue weighted by atomic mass is 19.4. The van der Waals surface area contributed by atoms with Gasteiger partial charge in [0.15, 0.2) is 0 Å². The molecular formula is C29H27F3N4O2. The molecule has 0 fully saturated rings. The molecular weight excluding hydrogens is 493 g/mol. The first kappa shape index (κ1) is 26.7. The molecule has 1 N–H and O–H groups in total. The van der Waals surface area contributed by atoms with Crippen LogP contribution in [0.5, 0.6) is 0 Å². The normalized spacial score (nSPS) is 11.3. The SMILES string of the molecule is Cc1c(C(=O)Nc2cccc(C(F)(F)F)c2)cc(-c2ccccc2)n1CCCN(C)C(=O)c1ccncc1. The number of halogens is 3. The second-order valence-electron chi connectivity index (χ2n) is 8.90. The third kappa shape index (κ3) is 6.11. The van der Waals surface area contributed by atoms with Gasteiger partial charge in [0.25, 0.3) is 11.8 Å². The van der Waals surface area contributed by atoms with E-state index in [1.165, 1.54) is 12.1 Å². The van der Waals surface area contributed by atoms with Gasteiger partial charge in [-0.3, -0.25) is 14.6 Å². The first-order valence-electron chi connectivity index (χ1n) is 12.0. The quantitative estimate of drug-likeness (QED) is 0.297. The van der Waals surface area contributed by atoms with E-state index in [4.69, 9.17) is 0 Å². The van der Waals surface area contributed by atoms with E-state index >= 15 is 0 Å². The first-order valence-corrected chi connectivity index (χ1v) is 12.0. The van der Waals surface area contributed by atoms with Gasteiger partial charge in [-0.05, 0) is 55.3 Å². The smallest absolute Gasteiger partial charge is 0.344 e. The van der Waals surface area contributed by atoms with Crippen molar-refractivity contribution in [1.82, 2.24) is 14.5 Å². The monoisotopic (exact) mass is 520 g/mol. The van der Waals surface area contributed by atoms with Crippen molar-refractivity contribution in [3.8, 4) is 11.3 Å². The van der Waals surface area contributed by atoms with Crippen LogP contribution in [0.25, 0.3) is 11.3 Å². The topological polar surface area (TPSA) is 67.2 Å². The number of aromatic nitrogens is 2. The molecule has 0 bridgehead atoms. The summed E-state index contributed by atoms with van der Waals surface area (Å²) in [4.78, 5) is 31.4. The number of hydrogen-bond acceptors (Lipinski definition) is 3. The highest BCUT2D eigenvalue weighted by Gasteiger charge is 2.30. The molecule has 0 aliphatic heterocycles. The number of amides is 2. The van der Waals surface area contributed by atoms with Crippen LogP contribution in [0.3, 0.4) is 0 Å². The lowest BCUT2D eigenvalue weighted by molar-refractivity contribution is -0.137. The molecule has 0 atom stereocenters. The van der Waals surface area contributed by atoms with Crippen LogP contribution in [-0.4, -0.2) is 39.9 Å². The van der Waals surface area contributed by atoms with E-state index in [0.717, 1.165) is 23.4 Å². The predicted molar refractivity (Wildman–Crippen MR) is 140 cm³/mol. The molecule has 2 aromatic heterocycles. The van der Waals surface area contributed by atoms with Gasteiger partial charge < -0.3 is 14.8 Å². The summed E-state index contributed by atoms with van der Waals surface area (Å²) in [6.07, 6.45) is -0.742. The largest absolute Gasteiger partial charge is 0.416 e. The highest BCUT2D eigenvalue weighted by Crippen LogP contribution is 2.31. The summed E-state index contributed by atoms with van der Waals surface area (Å²) in [6, 6.07) is 19.2. The minimum absolute atomic E-state index is 0.0643. The Morgan fingerprint density at radius 2 is 1.68 bits per heavy atom. The van der Waals surface area contributed by atoms with E-state index in [0.29, 0.717) is 36.3 Å². The molecule has 9 heteroatoms. The second-order valence-corrected chi connectivity index (χ2v) is 8.90. The van der Waals surface area contributed by atoms with Crippen molar-refractivity contribution in [3.05, 3.63) is 108 Å². The molecule has 2 amide bonds. The third-order valence-corrected chi connectivity index (χ3v) is 6.28. The number of anilines is 1. The van der Waals surface area contributed by atoms with Gasteiger partial charge in [-0.25, -0.2) is 0 Å². The van der Waals surface area contributed by atoms with E-state index in [1.54, 1.807) is 49.5 Å². The Hall–Kier alpha value is -4.40. The summed E-state index contributed by atoms with van der Waals surface area (Å²) in [5.74, 6) is -0.608. The van der Waals surface area contributed by atoms with Crippen LogP contribution in [0, 0.1) is 6.92 Å². The molecule has 6 nitrogen and oxygen atoms in total. The number of alkyl halides is 3. The van der Waals surface area contributed by atoms with E-state index in [2.05, 4.69) is 10.3 Å². The summed E-state index contributed by atoms with van der Waals surface area (Å²) < 4.78 is 41.3. The van der Waals surface area contributed by atoms with Crippen molar-refractivity contribution in [2.75, 3.05) is 18.9 Å². The average Bonchev–Trinajstić information content (AvgIpc) is 3.25. The molecule has 196 valence electrons. The number of nitrogens with zero attached hydrogens (tertiary/aromatic N) is 3. The van der Waals surface area contributed by atoms with Crippen LogP contribution < -0.4 is 5.32 Å². The molecule has 4 rings (SSSR count). The van der Waals surface area contributed by atoms with Crippen molar-refractivity contribution in [2.24, 2.45) is 0 Å². The van der Waals surface area contributed by atoms with Gasteiger partial charge in [0.05, 0.1) is 11.1 Å². The Labute approximate surface area is 218 Å². The first-order chi connectivity index (χ1) is 18.1. The molecule has 0 radical (unpaired) electrons. The maximum atomic E-state index is 13.2. The van der Waals surface area contributed by atoms with E-state index in [1.807, 2.05) is 34.9 Å². The Bertz CT molecular complexity index is 1420. The molecule has 4 aromatic rings. The lowest BCUT2D eigenvalue weighted by atomic mass is 10.1. The fourth-order valence-electron chi connectivity index (χ4n) is 4.27. The minimum atomic E-state index is -4.51. The van der Waals surface area contributed by atoms with Gasteiger partial charge in [-0.1, -0.05) is 36.4 Å². The fourth-order valence-corrected chi connectivity index (χ4v) is 4.27. The Morgan fingerprint density at radius 1 is 0.974 bits per heavy atom. The van der Waals surface area contributed by atoms with Crippen molar-refractivity contribution in [2.45, 2.75) is 26.1 Å². The summed E-state index contributed by atoms with van der Waals surface area (Å²) in [5.41, 5.74) is 2.53. The van der Waals surface area contributed by atoms with Crippen molar-refractivity contribution < 1.29 is 22.8 Å². The maximum absolute atomic E-state index is 13.2. The predicted octanol–water partition coefficient (Wildman–Crippen LogP) is 6.29. The van der Waals surface area contributed by atoms with Crippen LogP contribution in [0.4, 0.5) is 18.9 Å². The van der Waals surface area contributed by atoms with Crippen LogP contribution >= 0.6 is 0 Å². The molecule has 38 heavy (non-hydrogen) atoms. The van der Waals surface area contributed by atoms with Crippen LogP contribution in [-0.2, 0) is 12.7 Å². The van der Waals surface area contributed by atoms with Crippen molar-refractivity contribution in [1.29, 1.82) is 0 Å². The molecule has 2 aromatic carbocycles. The number of carbonyl (C=O) groups excluding carboxylic acids is 2. The number of pyridine rings is 1. The van der Waals surface area contributed by atoms with Crippen LogP contribution in [0.1, 0.15) is 38.4 Å². The van der Waals surface area contributed by atoms with Crippen LogP contribution in [0.15, 0.2) is 85.2 Å². The standard InChI is InChI=1S/C29H27F3N4O2/c1-20-25(27(37)34-24-11-6-10-23(18-24)29(30,31)32)19-26(21-8-4-3-5-9-21)36(20)17-7-16-35(2)28(38)22-12-14-33-15-13-22/h3-6,8-15,18-19H,7,16-17H2,1-2H3,(H,34,37). The lowest BCUT2D eigenvalue weighted by Crippen LogP contribution is -2.28. The highest BCUT2D eigenvalue weighted by molar-refractivity contribution is 6.06. The maximum Gasteiger partial charge on any atom is 0.416 e. The van der Waals surface area contributed by atoms with E-state index < -0.39 is 17.6 Å². The van der Waals surface area contributed by atoms with E-state index in [9.17, 15) is 22.8 Å². The van der Waals surface area contributed by atoms with Gasteiger partial charge >= 0.3 is 6.18 Å². The summed E-state index contributed by atoms with van der Waals surface area (Å²) in [6.45, 7) is 2.82. The number of rotatable bonds is 8. The molecule has 0 saturated heterocycles. The molecule has 0 unspecified atom stereocenters. The zero-order chi connectivity index (χ0) is 27.3. The molecule has 2 heterocycles. The Kier molecular flexibility index (Phi) is 7.95. The number of nitrogens with one attached hydrogen (secondary N) is 1. The summed E-state index contributed by atoms with van der Waals surface area (Å²) in [5, 5.41) is 2.60. The Balaban J connectivity index is 1.55. The van der Waals surface area contributed by atoms with Gasteiger partial charge in [-0.15, -0.1) is 0 Å². The molecule has 0 aliphatic rings. The average molecular weight is 521 g/mol. The minimum Gasteiger partial charge on any atom is -0.344 e. The van der Waals surface area contributed by atoms with Crippen molar-refractivity contribution >= 4 is 17.5 Å². The van der Waals surface area contributed by atoms with Crippen LogP contribution in [0.2, 0.25) is 0 Å². The van der Waals surface area contributed by atoms with Gasteiger partial charge in [-0.2, -0.15) is 13.2 Å². The number of hydrogen-bond donors (Lipinski definition) is 1. The molecule has 0 aliphatic carbocycles. The molecule has 0 spiro atoms. The van der Waals surface area contributed by atoms with Gasteiger partial charge in [0.1, 0.15) is 0 Å². The molecule has 0 saturated carbocycles.